The molecule has 1 aliphatic heterocycles. The summed E-state index contributed by atoms with van der Waals surface area (Å²) in [5.74, 6) is 0. The van der Waals surface area contributed by atoms with E-state index in [-0.39, 0.29) is 12.1 Å². The van der Waals surface area contributed by atoms with Crippen LogP contribution in [0.25, 0.3) is 0 Å². The largest absolute Gasteiger partial charge is 0.336 e. The molecule has 1 aromatic carbocycles. The van der Waals surface area contributed by atoms with Crippen molar-refractivity contribution >= 4 is 23.1 Å². The number of thiophene rings is 1. The number of anilines is 1. The number of nitrogens with zero attached hydrogens (tertiary/aromatic N) is 2. The molecule has 2 amide bonds. The number of nitrogens with one attached hydrogen (secondary N) is 2. The first-order chi connectivity index (χ1) is 11.7. The van der Waals surface area contributed by atoms with Crippen LogP contribution in [0.2, 0.25) is 0 Å². The molecule has 1 aliphatic rings. The lowest BCUT2D eigenvalue weighted by Crippen LogP contribution is -2.48. The van der Waals surface area contributed by atoms with Crippen molar-refractivity contribution in [3.63, 3.8) is 0 Å². The second-order valence-corrected chi connectivity index (χ2v) is 6.89. The van der Waals surface area contributed by atoms with Crippen LogP contribution in [-0.2, 0) is 0 Å². The van der Waals surface area contributed by atoms with Gasteiger partial charge in [0.2, 0.25) is 0 Å². The maximum atomic E-state index is 12.2. The fourth-order valence-corrected chi connectivity index (χ4v) is 3.65. The molecule has 5 nitrogen and oxygen atoms in total. The van der Waals surface area contributed by atoms with Gasteiger partial charge in [0.1, 0.15) is 0 Å². The Morgan fingerprint density at radius 1 is 1.17 bits per heavy atom. The van der Waals surface area contributed by atoms with Gasteiger partial charge in [-0.15, -0.1) is 0 Å². The maximum Gasteiger partial charge on any atom is 0.319 e. The quantitative estimate of drug-likeness (QED) is 0.877. The highest BCUT2D eigenvalue weighted by Gasteiger charge is 2.24. The normalized spacial score (nSPS) is 17.4. The first-order valence-electron chi connectivity index (χ1n) is 8.27. The van der Waals surface area contributed by atoms with Gasteiger partial charge in [-0.2, -0.15) is 11.3 Å². The molecule has 0 radical (unpaired) electrons. The average molecular weight is 344 g/mol. The first-order valence-corrected chi connectivity index (χ1v) is 9.21. The Hall–Kier alpha value is -1.89. The predicted octanol–water partition coefficient (Wildman–Crippen LogP) is 2.86. The van der Waals surface area contributed by atoms with E-state index in [1.54, 1.807) is 11.3 Å². The van der Waals surface area contributed by atoms with Crippen molar-refractivity contribution in [2.45, 2.75) is 6.04 Å². The van der Waals surface area contributed by atoms with Crippen LogP contribution in [0, 0.1) is 0 Å². The second kappa shape index (κ2) is 8.28. The summed E-state index contributed by atoms with van der Waals surface area (Å²) in [6, 6.07) is 11.8. The van der Waals surface area contributed by atoms with E-state index in [9.17, 15) is 4.79 Å². The molecule has 0 bridgehead atoms. The third-order valence-electron chi connectivity index (χ3n) is 4.39. The Kier molecular flexibility index (Phi) is 5.85. The molecule has 2 N–H and O–H groups in total. The molecule has 1 unspecified atom stereocenters. The topological polar surface area (TPSA) is 47.6 Å². The van der Waals surface area contributed by atoms with E-state index in [0.29, 0.717) is 6.54 Å². The van der Waals surface area contributed by atoms with E-state index >= 15 is 0 Å². The maximum absolute atomic E-state index is 12.2. The lowest BCUT2D eigenvalue weighted by atomic mass is 10.1. The van der Waals surface area contributed by atoms with Gasteiger partial charge in [0.05, 0.1) is 6.04 Å². The van der Waals surface area contributed by atoms with Crippen molar-refractivity contribution in [2.24, 2.45) is 0 Å². The Morgan fingerprint density at radius 2 is 1.92 bits per heavy atom. The van der Waals surface area contributed by atoms with E-state index in [4.69, 9.17) is 0 Å². The van der Waals surface area contributed by atoms with Crippen molar-refractivity contribution in [3.05, 3.63) is 52.7 Å². The summed E-state index contributed by atoms with van der Waals surface area (Å²) in [6.45, 7) is 4.80. The third kappa shape index (κ3) is 4.56. The molecule has 3 rings (SSSR count). The number of para-hydroxylation sites is 1. The third-order valence-corrected chi connectivity index (χ3v) is 5.10. The number of amides is 2. The molecule has 0 aliphatic carbocycles. The van der Waals surface area contributed by atoms with Gasteiger partial charge in [0, 0.05) is 38.4 Å². The molecule has 128 valence electrons. The number of carbonyl (C=O) groups is 1. The molecule has 0 spiro atoms. The Morgan fingerprint density at radius 3 is 2.58 bits per heavy atom. The first kappa shape index (κ1) is 17.0. The van der Waals surface area contributed by atoms with Crippen LogP contribution in [-0.4, -0.2) is 55.6 Å². The Balaban J connectivity index is 1.59. The fraction of sp³-hybridized carbons (Fsp3) is 0.389. The van der Waals surface area contributed by atoms with Crippen molar-refractivity contribution in [3.8, 4) is 0 Å². The van der Waals surface area contributed by atoms with E-state index in [0.717, 1.165) is 31.9 Å². The van der Waals surface area contributed by atoms with Crippen LogP contribution in [0.5, 0.6) is 0 Å². The lowest BCUT2D eigenvalue weighted by molar-refractivity contribution is 0.111. The zero-order valence-electron chi connectivity index (χ0n) is 13.9. The highest BCUT2D eigenvalue weighted by molar-refractivity contribution is 7.07. The number of piperazine rings is 1. The monoisotopic (exact) mass is 344 g/mol. The van der Waals surface area contributed by atoms with Crippen LogP contribution in [0.15, 0.2) is 47.2 Å². The minimum absolute atomic E-state index is 0.157. The summed E-state index contributed by atoms with van der Waals surface area (Å²) in [7, 11) is 2.16. The number of likely N-dealkylation sites (N-methyl/N-ethyl adjacent to an activating group) is 1. The Labute approximate surface area is 147 Å². The molecular weight excluding hydrogens is 320 g/mol. The number of hydrogen-bond acceptors (Lipinski definition) is 4. The van der Waals surface area contributed by atoms with Crippen LogP contribution in [0.3, 0.4) is 0 Å². The standard InChI is InChI=1S/C18H24N4OS/c1-21-8-10-22(11-9-21)17(15-7-12-24-14-15)13-19-18(23)20-16-5-3-2-4-6-16/h2-7,12,14,17H,8-11,13H2,1H3,(H2,19,20,23). The van der Waals surface area contributed by atoms with Crippen molar-refractivity contribution in [2.75, 3.05) is 45.1 Å². The smallest absolute Gasteiger partial charge is 0.319 e. The number of carbonyl (C=O) groups excluding carboxylic acids is 1. The molecule has 6 heteroatoms. The molecular formula is C18H24N4OS. The van der Waals surface area contributed by atoms with Crippen LogP contribution in [0.4, 0.5) is 10.5 Å². The van der Waals surface area contributed by atoms with E-state index in [2.05, 4.69) is 44.3 Å². The minimum atomic E-state index is -0.157. The molecule has 2 aromatic rings. The molecule has 1 saturated heterocycles. The van der Waals surface area contributed by atoms with Gasteiger partial charge in [-0.3, -0.25) is 4.90 Å². The van der Waals surface area contributed by atoms with Gasteiger partial charge in [0.25, 0.3) is 0 Å². The van der Waals surface area contributed by atoms with Crippen molar-refractivity contribution in [1.29, 1.82) is 0 Å². The van der Waals surface area contributed by atoms with E-state index < -0.39 is 0 Å². The number of urea groups is 1. The zero-order chi connectivity index (χ0) is 16.8. The minimum Gasteiger partial charge on any atom is -0.336 e. The van der Waals surface area contributed by atoms with Crippen molar-refractivity contribution in [1.82, 2.24) is 15.1 Å². The second-order valence-electron chi connectivity index (χ2n) is 6.11. The summed E-state index contributed by atoms with van der Waals surface area (Å²) in [6.07, 6.45) is 0. The number of hydrogen-bond donors (Lipinski definition) is 2. The van der Waals surface area contributed by atoms with Crippen molar-refractivity contribution < 1.29 is 4.79 Å². The SMILES string of the molecule is CN1CCN(C(CNC(=O)Nc2ccccc2)c2ccsc2)CC1. The van der Waals surface area contributed by atoms with Gasteiger partial charge < -0.3 is 15.5 Å². The Bertz CT molecular complexity index is 624. The van der Waals surface area contributed by atoms with E-state index in [1.807, 2.05) is 30.3 Å². The average Bonchev–Trinajstić information content (AvgIpc) is 3.12. The zero-order valence-corrected chi connectivity index (χ0v) is 14.8. The summed E-state index contributed by atoms with van der Waals surface area (Å²) in [5, 5.41) is 10.2. The van der Waals surface area contributed by atoms with Gasteiger partial charge in [-0.1, -0.05) is 18.2 Å². The highest BCUT2D eigenvalue weighted by Crippen LogP contribution is 2.23. The fourth-order valence-electron chi connectivity index (χ4n) is 2.94. The van der Waals surface area contributed by atoms with Crippen LogP contribution in [0.1, 0.15) is 11.6 Å². The van der Waals surface area contributed by atoms with Gasteiger partial charge >= 0.3 is 6.03 Å². The number of benzene rings is 1. The van der Waals surface area contributed by atoms with E-state index in [1.165, 1.54) is 5.56 Å². The summed E-state index contributed by atoms with van der Waals surface area (Å²) >= 11 is 1.70. The summed E-state index contributed by atoms with van der Waals surface area (Å²) in [4.78, 5) is 17.0. The number of rotatable bonds is 5. The predicted molar refractivity (Wildman–Crippen MR) is 99.6 cm³/mol. The highest BCUT2D eigenvalue weighted by atomic mass is 32.1. The summed E-state index contributed by atoms with van der Waals surface area (Å²) < 4.78 is 0. The molecule has 1 aromatic heterocycles. The van der Waals surface area contributed by atoms with Gasteiger partial charge in [-0.05, 0) is 41.6 Å². The van der Waals surface area contributed by atoms with Crippen LogP contribution >= 0.6 is 11.3 Å². The van der Waals surface area contributed by atoms with Gasteiger partial charge in [-0.25, -0.2) is 4.79 Å². The molecule has 24 heavy (non-hydrogen) atoms. The molecule has 1 fully saturated rings. The summed E-state index contributed by atoms with van der Waals surface area (Å²) in [5.41, 5.74) is 2.09. The molecule has 0 saturated carbocycles. The van der Waals surface area contributed by atoms with Crippen LogP contribution < -0.4 is 10.6 Å². The molecule has 2 heterocycles. The van der Waals surface area contributed by atoms with Gasteiger partial charge in [0.15, 0.2) is 0 Å². The lowest BCUT2D eigenvalue weighted by Gasteiger charge is -2.37. The molecule has 1 atom stereocenters.